The van der Waals surface area contributed by atoms with Gasteiger partial charge < -0.3 is 5.32 Å². The number of thiophene rings is 1. The highest BCUT2D eigenvalue weighted by molar-refractivity contribution is 9.10. The number of nitrogens with one attached hydrogen (secondary N) is 1. The SMILES string of the molecule is CCc1ccc(C(=O)Nc2cc(Cl)cnc2Br)s1. The van der Waals surface area contributed by atoms with Gasteiger partial charge in [-0.15, -0.1) is 11.3 Å². The summed E-state index contributed by atoms with van der Waals surface area (Å²) >= 11 is 10.6. The lowest BCUT2D eigenvalue weighted by molar-refractivity contribution is 0.103. The van der Waals surface area contributed by atoms with E-state index in [0.29, 0.717) is 20.2 Å². The molecular formula is C12H10BrClN2OS. The fourth-order valence-electron chi connectivity index (χ4n) is 1.38. The molecule has 1 amide bonds. The molecular weight excluding hydrogens is 336 g/mol. The molecule has 2 heterocycles. The summed E-state index contributed by atoms with van der Waals surface area (Å²) < 4.78 is 0.563. The predicted molar refractivity (Wildman–Crippen MR) is 78.6 cm³/mol. The smallest absolute Gasteiger partial charge is 0.265 e. The molecule has 0 saturated heterocycles. The Morgan fingerprint density at radius 1 is 1.56 bits per heavy atom. The second-order valence-corrected chi connectivity index (χ2v) is 5.92. The summed E-state index contributed by atoms with van der Waals surface area (Å²) in [7, 11) is 0. The lowest BCUT2D eigenvalue weighted by atomic mass is 10.3. The van der Waals surface area contributed by atoms with Crippen molar-refractivity contribution in [2.24, 2.45) is 0 Å². The van der Waals surface area contributed by atoms with Crippen molar-refractivity contribution in [3.05, 3.63) is 43.8 Å². The second kappa shape index (κ2) is 5.82. The molecule has 0 fully saturated rings. The maximum atomic E-state index is 12.0. The molecule has 94 valence electrons. The number of aryl methyl sites for hydroxylation is 1. The van der Waals surface area contributed by atoms with Crippen LogP contribution in [0, 0.1) is 0 Å². The Labute approximate surface area is 122 Å². The van der Waals surface area contributed by atoms with Crippen LogP contribution in [0.4, 0.5) is 5.69 Å². The number of carbonyl (C=O) groups excluding carboxylic acids is 1. The zero-order valence-electron chi connectivity index (χ0n) is 9.54. The molecule has 0 aliphatic heterocycles. The third kappa shape index (κ3) is 3.10. The van der Waals surface area contributed by atoms with Crippen molar-refractivity contribution in [3.8, 4) is 0 Å². The Bertz CT molecular complexity index is 585. The number of anilines is 1. The maximum Gasteiger partial charge on any atom is 0.265 e. The molecule has 1 N–H and O–H groups in total. The highest BCUT2D eigenvalue weighted by atomic mass is 79.9. The van der Waals surface area contributed by atoms with Crippen LogP contribution < -0.4 is 5.32 Å². The fraction of sp³-hybridized carbons (Fsp3) is 0.167. The Morgan fingerprint density at radius 3 is 3.00 bits per heavy atom. The van der Waals surface area contributed by atoms with Crippen molar-refractivity contribution in [2.75, 3.05) is 5.32 Å². The van der Waals surface area contributed by atoms with Gasteiger partial charge in [0.05, 0.1) is 15.6 Å². The van der Waals surface area contributed by atoms with E-state index in [1.54, 1.807) is 6.07 Å². The highest BCUT2D eigenvalue weighted by Crippen LogP contribution is 2.25. The monoisotopic (exact) mass is 344 g/mol. The minimum atomic E-state index is -0.149. The first-order valence-corrected chi connectivity index (χ1v) is 7.30. The topological polar surface area (TPSA) is 42.0 Å². The molecule has 18 heavy (non-hydrogen) atoms. The number of aromatic nitrogens is 1. The molecule has 2 aromatic heterocycles. The first-order chi connectivity index (χ1) is 8.60. The van der Waals surface area contributed by atoms with Gasteiger partial charge in [-0.25, -0.2) is 4.98 Å². The van der Waals surface area contributed by atoms with Crippen LogP contribution in [0.15, 0.2) is 29.0 Å². The van der Waals surface area contributed by atoms with E-state index in [1.807, 2.05) is 12.1 Å². The van der Waals surface area contributed by atoms with E-state index < -0.39 is 0 Å². The van der Waals surface area contributed by atoms with Gasteiger partial charge in [-0.2, -0.15) is 0 Å². The van der Waals surface area contributed by atoms with Gasteiger partial charge in [0, 0.05) is 11.1 Å². The van der Waals surface area contributed by atoms with Gasteiger partial charge in [0.1, 0.15) is 4.60 Å². The maximum absolute atomic E-state index is 12.0. The molecule has 0 bridgehead atoms. The van der Waals surface area contributed by atoms with Crippen LogP contribution in [0.25, 0.3) is 0 Å². The quantitative estimate of drug-likeness (QED) is 0.839. The Morgan fingerprint density at radius 2 is 2.33 bits per heavy atom. The van der Waals surface area contributed by atoms with Crippen molar-refractivity contribution >= 4 is 50.5 Å². The van der Waals surface area contributed by atoms with E-state index in [4.69, 9.17) is 11.6 Å². The summed E-state index contributed by atoms with van der Waals surface area (Å²) in [6, 6.07) is 5.44. The van der Waals surface area contributed by atoms with Crippen LogP contribution in [-0.4, -0.2) is 10.9 Å². The standard InChI is InChI=1S/C12H10BrClN2OS/c1-2-8-3-4-10(18-8)12(17)16-9-5-7(14)6-15-11(9)13/h3-6H,2H2,1H3,(H,16,17). The van der Waals surface area contributed by atoms with Gasteiger partial charge in [-0.05, 0) is 40.5 Å². The van der Waals surface area contributed by atoms with E-state index in [0.717, 1.165) is 6.42 Å². The summed E-state index contributed by atoms with van der Waals surface area (Å²) in [4.78, 5) is 17.9. The molecule has 2 aromatic rings. The van der Waals surface area contributed by atoms with Crippen LogP contribution in [0.1, 0.15) is 21.5 Å². The first-order valence-electron chi connectivity index (χ1n) is 5.31. The number of rotatable bonds is 3. The lowest BCUT2D eigenvalue weighted by Gasteiger charge is -2.05. The van der Waals surface area contributed by atoms with E-state index in [1.165, 1.54) is 22.4 Å². The van der Waals surface area contributed by atoms with Gasteiger partial charge in [0.2, 0.25) is 0 Å². The van der Waals surface area contributed by atoms with E-state index in [-0.39, 0.29) is 5.91 Å². The third-order valence-corrected chi connectivity index (χ3v) is 4.35. The summed E-state index contributed by atoms with van der Waals surface area (Å²) in [5.41, 5.74) is 0.568. The van der Waals surface area contributed by atoms with E-state index in [9.17, 15) is 4.79 Å². The number of pyridine rings is 1. The normalized spacial score (nSPS) is 10.4. The Balaban J connectivity index is 2.18. The van der Waals surface area contributed by atoms with Crippen LogP contribution in [0.5, 0.6) is 0 Å². The molecule has 0 radical (unpaired) electrons. The van der Waals surface area contributed by atoms with Gasteiger partial charge in [0.15, 0.2) is 0 Å². The number of amides is 1. The largest absolute Gasteiger partial charge is 0.319 e. The van der Waals surface area contributed by atoms with Gasteiger partial charge in [-0.3, -0.25) is 4.79 Å². The summed E-state index contributed by atoms with van der Waals surface area (Å²) in [6.45, 7) is 2.06. The van der Waals surface area contributed by atoms with Crippen LogP contribution in [0.2, 0.25) is 5.02 Å². The molecule has 0 saturated carbocycles. The number of nitrogens with zero attached hydrogens (tertiary/aromatic N) is 1. The number of hydrogen-bond acceptors (Lipinski definition) is 3. The summed E-state index contributed by atoms with van der Waals surface area (Å²) in [5, 5.41) is 3.26. The molecule has 0 atom stereocenters. The van der Waals surface area contributed by atoms with Gasteiger partial charge in [-0.1, -0.05) is 18.5 Å². The minimum Gasteiger partial charge on any atom is -0.319 e. The van der Waals surface area contributed by atoms with E-state index >= 15 is 0 Å². The molecule has 3 nitrogen and oxygen atoms in total. The molecule has 0 spiro atoms. The first kappa shape index (κ1) is 13.5. The lowest BCUT2D eigenvalue weighted by Crippen LogP contribution is -2.10. The summed E-state index contributed by atoms with van der Waals surface area (Å²) in [6.07, 6.45) is 2.45. The van der Waals surface area contributed by atoms with Crippen molar-refractivity contribution in [3.63, 3.8) is 0 Å². The van der Waals surface area contributed by atoms with Crippen LogP contribution >= 0.6 is 38.9 Å². The zero-order chi connectivity index (χ0) is 13.1. The Kier molecular flexibility index (Phi) is 4.37. The van der Waals surface area contributed by atoms with Gasteiger partial charge >= 0.3 is 0 Å². The molecule has 0 unspecified atom stereocenters. The predicted octanol–water partition coefficient (Wildman–Crippen LogP) is 4.37. The van der Waals surface area contributed by atoms with Crippen molar-refractivity contribution in [1.29, 1.82) is 0 Å². The molecule has 0 aliphatic carbocycles. The highest BCUT2D eigenvalue weighted by Gasteiger charge is 2.11. The van der Waals surface area contributed by atoms with Crippen LogP contribution in [0.3, 0.4) is 0 Å². The number of hydrogen-bond donors (Lipinski definition) is 1. The van der Waals surface area contributed by atoms with Gasteiger partial charge in [0.25, 0.3) is 5.91 Å². The number of carbonyl (C=O) groups is 1. The average molecular weight is 346 g/mol. The second-order valence-electron chi connectivity index (χ2n) is 3.57. The minimum absolute atomic E-state index is 0.149. The summed E-state index contributed by atoms with van der Waals surface area (Å²) in [5.74, 6) is -0.149. The van der Waals surface area contributed by atoms with Crippen LogP contribution in [-0.2, 0) is 6.42 Å². The fourth-order valence-corrected chi connectivity index (χ4v) is 2.70. The third-order valence-electron chi connectivity index (χ3n) is 2.29. The van der Waals surface area contributed by atoms with Crippen molar-refractivity contribution < 1.29 is 4.79 Å². The average Bonchev–Trinajstić information content (AvgIpc) is 2.82. The van der Waals surface area contributed by atoms with E-state index in [2.05, 4.69) is 33.2 Å². The molecule has 0 aliphatic rings. The van der Waals surface area contributed by atoms with Crippen molar-refractivity contribution in [1.82, 2.24) is 4.98 Å². The van der Waals surface area contributed by atoms with Crippen molar-refractivity contribution in [2.45, 2.75) is 13.3 Å². The zero-order valence-corrected chi connectivity index (χ0v) is 12.7. The Hall–Kier alpha value is -0.910. The molecule has 0 aromatic carbocycles. The molecule has 2 rings (SSSR count). The molecule has 6 heteroatoms. The number of halogens is 2.